The number of para-hydroxylation sites is 1. The van der Waals surface area contributed by atoms with Gasteiger partial charge < -0.3 is 19.9 Å². The molecule has 1 atom stereocenters. The van der Waals surface area contributed by atoms with E-state index in [0.29, 0.717) is 5.92 Å². The second kappa shape index (κ2) is 7.48. The summed E-state index contributed by atoms with van der Waals surface area (Å²) in [4.78, 5) is 17.4. The maximum atomic E-state index is 12.2. The van der Waals surface area contributed by atoms with E-state index in [1.165, 1.54) is 16.5 Å². The minimum Gasteiger partial charge on any atom is -0.444 e. The number of hydrogen-bond acceptors (Lipinski definition) is 3. The fourth-order valence-electron chi connectivity index (χ4n) is 3.41. The van der Waals surface area contributed by atoms with Crippen LogP contribution < -0.4 is 5.32 Å². The van der Waals surface area contributed by atoms with Gasteiger partial charge in [-0.3, -0.25) is 0 Å². The Morgan fingerprint density at radius 3 is 2.96 bits per heavy atom. The first-order valence-corrected chi connectivity index (χ1v) is 9.16. The standard InChI is InChI=1S/C20H29N3O2/c1-20(2,3)25-19(24)23-10-6-7-15(14-23)11-21-12-16-13-22-18-9-5-4-8-17(16)18/h4-5,8-9,13,15,21-22H,6-7,10-12,14H2,1-3H3. The van der Waals surface area contributed by atoms with Crippen molar-refractivity contribution in [3.8, 4) is 0 Å². The third kappa shape index (κ3) is 4.75. The summed E-state index contributed by atoms with van der Waals surface area (Å²) in [7, 11) is 0. The predicted octanol–water partition coefficient (Wildman–Crippen LogP) is 3.90. The van der Waals surface area contributed by atoms with Crippen LogP contribution in [0.1, 0.15) is 39.2 Å². The van der Waals surface area contributed by atoms with E-state index in [1.807, 2.05) is 31.7 Å². The molecule has 0 aliphatic carbocycles. The highest BCUT2D eigenvalue weighted by atomic mass is 16.6. The van der Waals surface area contributed by atoms with Crippen LogP contribution in [-0.4, -0.2) is 41.2 Å². The summed E-state index contributed by atoms with van der Waals surface area (Å²) in [5.74, 6) is 0.478. The molecule has 136 valence electrons. The molecule has 0 spiro atoms. The quantitative estimate of drug-likeness (QED) is 0.885. The van der Waals surface area contributed by atoms with Crippen LogP contribution >= 0.6 is 0 Å². The topological polar surface area (TPSA) is 57.4 Å². The van der Waals surface area contributed by atoms with Crippen molar-refractivity contribution in [3.63, 3.8) is 0 Å². The number of H-pyrrole nitrogens is 1. The first kappa shape index (κ1) is 17.8. The number of nitrogens with one attached hydrogen (secondary N) is 2. The number of nitrogens with zero attached hydrogens (tertiary/aromatic N) is 1. The van der Waals surface area contributed by atoms with Gasteiger partial charge in [-0.15, -0.1) is 0 Å². The zero-order valence-corrected chi connectivity index (χ0v) is 15.5. The lowest BCUT2D eigenvalue weighted by Crippen LogP contribution is -2.44. The number of aromatic amines is 1. The SMILES string of the molecule is CC(C)(C)OC(=O)N1CCCC(CNCc2c[nH]c3ccccc23)C1. The molecule has 3 rings (SSSR count). The van der Waals surface area contributed by atoms with Gasteiger partial charge in [0.25, 0.3) is 0 Å². The Balaban J connectivity index is 1.49. The highest BCUT2D eigenvalue weighted by molar-refractivity contribution is 5.82. The van der Waals surface area contributed by atoms with Crippen LogP contribution in [0.4, 0.5) is 4.79 Å². The molecule has 1 aromatic carbocycles. The normalized spacial score (nSPS) is 18.5. The van der Waals surface area contributed by atoms with E-state index in [2.05, 4.69) is 34.7 Å². The highest BCUT2D eigenvalue weighted by Gasteiger charge is 2.27. The monoisotopic (exact) mass is 343 g/mol. The molecule has 1 aliphatic heterocycles. The molecule has 1 amide bonds. The van der Waals surface area contributed by atoms with Crippen molar-refractivity contribution >= 4 is 17.0 Å². The lowest BCUT2D eigenvalue weighted by atomic mass is 9.98. The van der Waals surface area contributed by atoms with E-state index in [9.17, 15) is 4.79 Å². The molecule has 1 fully saturated rings. The third-order valence-electron chi connectivity index (χ3n) is 4.59. The summed E-state index contributed by atoms with van der Waals surface area (Å²) in [5.41, 5.74) is 2.03. The van der Waals surface area contributed by atoms with E-state index in [4.69, 9.17) is 4.74 Å². The Morgan fingerprint density at radius 2 is 2.16 bits per heavy atom. The first-order chi connectivity index (χ1) is 11.9. The minimum atomic E-state index is -0.433. The number of rotatable bonds is 4. The zero-order valence-electron chi connectivity index (χ0n) is 15.5. The number of carbonyl (C=O) groups is 1. The Labute approximate surface area is 149 Å². The van der Waals surface area contributed by atoms with Crippen molar-refractivity contribution in [1.29, 1.82) is 0 Å². The van der Waals surface area contributed by atoms with Gasteiger partial charge in [-0.2, -0.15) is 0 Å². The number of piperidine rings is 1. The molecule has 0 saturated carbocycles. The lowest BCUT2D eigenvalue weighted by Gasteiger charge is -2.34. The molecule has 1 unspecified atom stereocenters. The molecule has 0 bridgehead atoms. The van der Waals surface area contributed by atoms with Crippen molar-refractivity contribution in [2.24, 2.45) is 5.92 Å². The van der Waals surface area contributed by atoms with E-state index in [0.717, 1.165) is 39.0 Å². The van der Waals surface area contributed by atoms with Crippen LogP contribution in [0, 0.1) is 5.92 Å². The van der Waals surface area contributed by atoms with Crippen molar-refractivity contribution in [2.45, 2.75) is 45.8 Å². The second-order valence-electron chi connectivity index (χ2n) is 7.93. The van der Waals surface area contributed by atoms with Gasteiger partial charge in [0, 0.05) is 36.7 Å². The Bertz CT molecular complexity index is 717. The molecule has 5 heteroatoms. The summed E-state index contributed by atoms with van der Waals surface area (Å²) in [6, 6.07) is 8.36. The maximum Gasteiger partial charge on any atom is 0.410 e. The minimum absolute atomic E-state index is 0.186. The highest BCUT2D eigenvalue weighted by Crippen LogP contribution is 2.20. The lowest BCUT2D eigenvalue weighted by molar-refractivity contribution is 0.0166. The van der Waals surface area contributed by atoms with E-state index in [1.54, 1.807) is 0 Å². The van der Waals surface area contributed by atoms with E-state index in [-0.39, 0.29) is 6.09 Å². The molecule has 5 nitrogen and oxygen atoms in total. The fourth-order valence-corrected chi connectivity index (χ4v) is 3.41. The molecular formula is C20H29N3O2. The first-order valence-electron chi connectivity index (χ1n) is 9.16. The number of likely N-dealkylation sites (tertiary alicyclic amines) is 1. The molecule has 1 aliphatic rings. The molecule has 1 aromatic heterocycles. The van der Waals surface area contributed by atoms with Gasteiger partial charge in [-0.05, 0) is 57.7 Å². The van der Waals surface area contributed by atoms with Gasteiger partial charge in [0.15, 0.2) is 0 Å². The number of amides is 1. The van der Waals surface area contributed by atoms with Crippen molar-refractivity contribution < 1.29 is 9.53 Å². The average Bonchev–Trinajstić information content (AvgIpc) is 2.97. The van der Waals surface area contributed by atoms with Crippen molar-refractivity contribution in [1.82, 2.24) is 15.2 Å². The number of ether oxygens (including phenoxy) is 1. The Kier molecular flexibility index (Phi) is 5.33. The van der Waals surface area contributed by atoms with Crippen molar-refractivity contribution in [2.75, 3.05) is 19.6 Å². The zero-order chi connectivity index (χ0) is 17.9. The van der Waals surface area contributed by atoms with Gasteiger partial charge in [0.05, 0.1) is 0 Å². The molecule has 25 heavy (non-hydrogen) atoms. The Morgan fingerprint density at radius 1 is 1.36 bits per heavy atom. The predicted molar refractivity (Wildman–Crippen MR) is 101 cm³/mol. The van der Waals surface area contributed by atoms with E-state index >= 15 is 0 Å². The average molecular weight is 343 g/mol. The summed E-state index contributed by atoms with van der Waals surface area (Å²) >= 11 is 0. The van der Waals surface area contributed by atoms with Crippen molar-refractivity contribution in [3.05, 3.63) is 36.0 Å². The Hall–Kier alpha value is -2.01. The molecule has 2 N–H and O–H groups in total. The van der Waals surface area contributed by atoms with Gasteiger partial charge in [0.2, 0.25) is 0 Å². The van der Waals surface area contributed by atoms with Crippen LogP contribution in [0.3, 0.4) is 0 Å². The van der Waals surface area contributed by atoms with Crippen LogP contribution in [-0.2, 0) is 11.3 Å². The molecular weight excluding hydrogens is 314 g/mol. The molecule has 0 radical (unpaired) electrons. The van der Waals surface area contributed by atoms with Crippen LogP contribution in [0.25, 0.3) is 10.9 Å². The van der Waals surface area contributed by atoms with Gasteiger partial charge >= 0.3 is 6.09 Å². The summed E-state index contributed by atoms with van der Waals surface area (Å²) in [5, 5.41) is 4.83. The smallest absolute Gasteiger partial charge is 0.410 e. The van der Waals surface area contributed by atoms with Gasteiger partial charge in [-0.1, -0.05) is 18.2 Å². The van der Waals surface area contributed by atoms with Crippen LogP contribution in [0.2, 0.25) is 0 Å². The van der Waals surface area contributed by atoms with Gasteiger partial charge in [-0.25, -0.2) is 4.79 Å². The second-order valence-corrected chi connectivity index (χ2v) is 7.93. The summed E-state index contributed by atoms with van der Waals surface area (Å²) in [6.07, 6.45) is 4.08. The largest absolute Gasteiger partial charge is 0.444 e. The number of hydrogen-bond donors (Lipinski definition) is 2. The summed E-state index contributed by atoms with van der Waals surface area (Å²) in [6.45, 7) is 9.06. The van der Waals surface area contributed by atoms with Gasteiger partial charge in [0.1, 0.15) is 5.60 Å². The van der Waals surface area contributed by atoms with E-state index < -0.39 is 5.60 Å². The maximum absolute atomic E-state index is 12.2. The fraction of sp³-hybridized carbons (Fsp3) is 0.550. The number of fused-ring (bicyclic) bond motifs is 1. The molecule has 2 aromatic rings. The van der Waals surface area contributed by atoms with Crippen LogP contribution in [0.15, 0.2) is 30.5 Å². The molecule has 1 saturated heterocycles. The number of benzene rings is 1. The molecule has 2 heterocycles. The third-order valence-corrected chi connectivity index (χ3v) is 4.59. The number of aromatic nitrogens is 1. The summed E-state index contributed by atoms with van der Waals surface area (Å²) < 4.78 is 5.50. The van der Waals surface area contributed by atoms with Crippen LogP contribution in [0.5, 0.6) is 0 Å². The number of carbonyl (C=O) groups excluding carboxylic acids is 1.